The summed E-state index contributed by atoms with van der Waals surface area (Å²) in [5.74, 6) is 0.608. The quantitative estimate of drug-likeness (QED) is 0.368. The lowest BCUT2D eigenvalue weighted by molar-refractivity contribution is 0.234. The van der Waals surface area contributed by atoms with Gasteiger partial charge in [-0.3, -0.25) is 14.9 Å². The van der Waals surface area contributed by atoms with Crippen LogP contribution in [0.4, 0.5) is 4.39 Å². The van der Waals surface area contributed by atoms with E-state index in [-0.39, 0.29) is 5.82 Å². The zero-order chi connectivity index (χ0) is 21.3. The molecule has 0 saturated heterocycles. The summed E-state index contributed by atoms with van der Waals surface area (Å²) in [6.45, 7) is 2.14. The van der Waals surface area contributed by atoms with E-state index in [1.54, 1.807) is 18.5 Å². The molecule has 156 valence electrons. The second kappa shape index (κ2) is 10.5. The highest BCUT2D eigenvalue weighted by atomic mass is 19.1. The molecular weight excluding hydrogens is 389 g/mol. The smallest absolute Gasteiger partial charge is 0.130 e. The maximum absolute atomic E-state index is 14.3. The van der Waals surface area contributed by atoms with Crippen molar-refractivity contribution in [3.63, 3.8) is 0 Å². The van der Waals surface area contributed by atoms with Gasteiger partial charge in [0.15, 0.2) is 0 Å². The van der Waals surface area contributed by atoms with E-state index < -0.39 is 0 Å². The Kier molecular flexibility index (Phi) is 6.98. The Morgan fingerprint density at radius 1 is 0.742 bits per heavy atom. The molecule has 0 radical (unpaired) electrons. The molecule has 2 heterocycles. The lowest BCUT2D eigenvalue weighted by Gasteiger charge is -2.24. The second-order valence-corrected chi connectivity index (χ2v) is 7.32. The fraction of sp³-hybridized carbons (Fsp3) is 0.154. The first kappa shape index (κ1) is 20.7. The van der Waals surface area contributed by atoms with Crippen LogP contribution >= 0.6 is 0 Å². The molecule has 4 nitrogen and oxygen atoms in total. The molecule has 0 atom stereocenters. The Hall–Kier alpha value is -3.57. The summed E-state index contributed by atoms with van der Waals surface area (Å²) < 4.78 is 20.4. The Bertz CT molecular complexity index is 1090. The zero-order valence-electron chi connectivity index (χ0n) is 17.2. The molecule has 0 aliphatic heterocycles. The van der Waals surface area contributed by atoms with Gasteiger partial charge in [-0.25, -0.2) is 4.39 Å². The van der Waals surface area contributed by atoms with E-state index in [0.717, 1.165) is 22.6 Å². The monoisotopic (exact) mass is 413 g/mol. The Morgan fingerprint density at radius 3 is 2.29 bits per heavy atom. The molecule has 0 aliphatic carbocycles. The molecule has 4 aromatic rings. The van der Waals surface area contributed by atoms with Crippen molar-refractivity contribution >= 4 is 0 Å². The number of benzene rings is 2. The fourth-order valence-electron chi connectivity index (χ4n) is 3.44. The van der Waals surface area contributed by atoms with Crippen LogP contribution in [0.25, 0.3) is 0 Å². The Labute approximate surface area is 182 Å². The summed E-state index contributed by atoms with van der Waals surface area (Å²) in [6, 6.07) is 24.6. The summed E-state index contributed by atoms with van der Waals surface area (Å²) in [4.78, 5) is 10.7. The van der Waals surface area contributed by atoms with E-state index in [1.165, 1.54) is 6.07 Å². The fourth-order valence-corrected chi connectivity index (χ4v) is 3.44. The van der Waals surface area contributed by atoms with Crippen molar-refractivity contribution in [2.75, 3.05) is 0 Å². The average Bonchev–Trinajstić information content (AvgIpc) is 2.81. The van der Waals surface area contributed by atoms with Gasteiger partial charge >= 0.3 is 0 Å². The van der Waals surface area contributed by atoms with Gasteiger partial charge in [0.1, 0.15) is 18.2 Å². The van der Waals surface area contributed by atoms with Gasteiger partial charge in [0.25, 0.3) is 0 Å². The lowest BCUT2D eigenvalue weighted by atomic mass is 10.1. The molecule has 0 spiro atoms. The summed E-state index contributed by atoms with van der Waals surface area (Å²) in [7, 11) is 0. The van der Waals surface area contributed by atoms with Gasteiger partial charge in [0, 0.05) is 49.4 Å². The minimum atomic E-state index is -0.196. The molecule has 31 heavy (non-hydrogen) atoms. The molecule has 5 heteroatoms. The van der Waals surface area contributed by atoms with Gasteiger partial charge in [-0.15, -0.1) is 0 Å². The lowest BCUT2D eigenvalue weighted by Crippen LogP contribution is -2.23. The number of ether oxygens (including phenoxy) is 1. The highest BCUT2D eigenvalue weighted by Gasteiger charge is 2.14. The van der Waals surface area contributed by atoms with Crippen molar-refractivity contribution in [1.82, 2.24) is 14.9 Å². The maximum Gasteiger partial charge on any atom is 0.130 e. The van der Waals surface area contributed by atoms with Gasteiger partial charge in [-0.1, -0.05) is 48.5 Å². The minimum absolute atomic E-state index is 0.196. The van der Waals surface area contributed by atoms with E-state index in [9.17, 15) is 4.39 Å². The molecular formula is C26H24FN3O. The highest BCUT2D eigenvalue weighted by Crippen LogP contribution is 2.23. The summed E-state index contributed by atoms with van der Waals surface area (Å²) in [5.41, 5.74) is 3.65. The van der Waals surface area contributed by atoms with E-state index in [4.69, 9.17) is 4.74 Å². The van der Waals surface area contributed by atoms with Gasteiger partial charge in [-0.2, -0.15) is 0 Å². The Balaban J connectivity index is 1.54. The van der Waals surface area contributed by atoms with Crippen molar-refractivity contribution < 1.29 is 9.13 Å². The molecule has 0 amide bonds. The van der Waals surface area contributed by atoms with Crippen LogP contribution in [0.3, 0.4) is 0 Å². The second-order valence-electron chi connectivity index (χ2n) is 7.32. The van der Waals surface area contributed by atoms with Crippen molar-refractivity contribution in [3.8, 4) is 5.75 Å². The third-order valence-corrected chi connectivity index (χ3v) is 4.95. The number of para-hydroxylation sites is 1. The van der Waals surface area contributed by atoms with Crippen molar-refractivity contribution in [2.24, 2.45) is 0 Å². The summed E-state index contributed by atoms with van der Waals surface area (Å²) in [5, 5.41) is 0. The first-order valence-corrected chi connectivity index (χ1v) is 10.2. The first-order chi connectivity index (χ1) is 15.3. The van der Waals surface area contributed by atoms with Gasteiger partial charge in [-0.05, 0) is 35.9 Å². The molecule has 0 fully saturated rings. The van der Waals surface area contributed by atoms with Crippen LogP contribution < -0.4 is 4.74 Å². The number of halogens is 1. The largest absolute Gasteiger partial charge is 0.487 e. The van der Waals surface area contributed by atoms with Crippen LogP contribution in [0.1, 0.15) is 22.4 Å². The minimum Gasteiger partial charge on any atom is -0.487 e. The molecule has 0 unspecified atom stereocenters. The third kappa shape index (κ3) is 5.96. The van der Waals surface area contributed by atoms with E-state index >= 15 is 0 Å². The number of pyridine rings is 2. The molecule has 2 aromatic heterocycles. The average molecular weight is 413 g/mol. The predicted molar refractivity (Wildman–Crippen MR) is 119 cm³/mol. The van der Waals surface area contributed by atoms with E-state index in [0.29, 0.717) is 31.8 Å². The van der Waals surface area contributed by atoms with Crippen LogP contribution in [-0.4, -0.2) is 14.9 Å². The number of rotatable bonds is 9. The molecule has 4 rings (SSSR count). The molecule has 0 saturated carbocycles. The molecule has 0 aliphatic rings. The van der Waals surface area contributed by atoms with Crippen molar-refractivity contribution in [2.45, 2.75) is 26.2 Å². The van der Waals surface area contributed by atoms with Crippen LogP contribution in [0.5, 0.6) is 5.75 Å². The van der Waals surface area contributed by atoms with E-state index in [2.05, 4.69) is 14.9 Å². The first-order valence-electron chi connectivity index (χ1n) is 10.2. The highest BCUT2D eigenvalue weighted by molar-refractivity contribution is 5.33. The van der Waals surface area contributed by atoms with E-state index in [1.807, 2.05) is 72.9 Å². The normalized spacial score (nSPS) is 10.9. The maximum atomic E-state index is 14.3. The number of aromatic nitrogens is 2. The van der Waals surface area contributed by atoms with Crippen LogP contribution in [-0.2, 0) is 26.2 Å². The van der Waals surface area contributed by atoms with Crippen molar-refractivity contribution in [1.29, 1.82) is 0 Å². The van der Waals surface area contributed by atoms with Gasteiger partial charge < -0.3 is 4.74 Å². The number of hydrogen-bond acceptors (Lipinski definition) is 4. The van der Waals surface area contributed by atoms with Crippen molar-refractivity contribution in [3.05, 3.63) is 126 Å². The topological polar surface area (TPSA) is 38.2 Å². The number of hydrogen-bond donors (Lipinski definition) is 0. The SMILES string of the molecule is Fc1ccccc1CN(Cc1cccnc1)Cc1ccccc1OCc1ccccn1. The molecule has 0 N–H and O–H groups in total. The predicted octanol–water partition coefficient (Wildman–Crippen LogP) is 5.40. The summed E-state index contributed by atoms with van der Waals surface area (Å²) in [6.07, 6.45) is 5.36. The number of nitrogens with zero attached hydrogens (tertiary/aromatic N) is 3. The molecule has 2 aromatic carbocycles. The van der Waals surface area contributed by atoms with Crippen LogP contribution in [0.15, 0.2) is 97.5 Å². The van der Waals surface area contributed by atoms with Crippen LogP contribution in [0, 0.1) is 5.82 Å². The standard InChI is InChI=1S/C26H24FN3O/c27-25-12-3-1-9-22(25)18-30(17-21-8-7-14-28-16-21)19-23-10-2-4-13-26(23)31-20-24-11-5-6-15-29-24/h1-16H,17-20H2. The van der Waals surface area contributed by atoms with Gasteiger partial charge in [0.05, 0.1) is 5.69 Å². The molecule has 0 bridgehead atoms. The van der Waals surface area contributed by atoms with Crippen LogP contribution in [0.2, 0.25) is 0 Å². The van der Waals surface area contributed by atoms with Gasteiger partial charge in [0.2, 0.25) is 0 Å². The zero-order valence-corrected chi connectivity index (χ0v) is 17.2. The Morgan fingerprint density at radius 2 is 1.52 bits per heavy atom. The summed E-state index contributed by atoms with van der Waals surface area (Å²) >= 11 is 0. The third-order valence-electron chi connectivity index (χ3n) is 4.95.